The summed E-state index contributed by atoms with van der Waals surface area (Å²) in [6, 6.07) is 6.84. The largest absolute Gasteiger partial charge is 0.365 e. The normalized spacial score (nSPS) is 11.4. The van der Waals surface area contributed by atoms with Crippen LogP contribution in [0.15, 0.2) is 47.8 Å². The number of carbonyl (C=O) groups excluding carboxylic acids is 1. The monoisotopic (exact) mass is 356 g/mol. The smallest absolute Gasteiger partial charge is 0.252 e. The molecular formula is C17H16N4O3S. The molecule has 128 valence electrons. The molecule has 0 atom stereocenters. The summed E-state index contributed by atoms with van der Waals surface area (Å²) in [5.74, 6) is -0.664. The van der Waals surface area contributed by atoms with Crippen molar-refractivity contribution in [3.63, 3.8) is 0 Å². The van der Waals surface area contributed by atoms with Gasteiger partial charge in [-0.3, -0.25) is 14.8 Å². The zero-order chi connectivity index (χ0) is 18.2. The number of anilines is 2. The number of hydrogen-bond acceptors (Lipinski definition) is 6. The van der Waals surface area contributed by atoms with Gasteiger partial charge in [0, 0.05) is 24.0 Å². The maximum absolute atomic E-state index is 12.1. The average Bonchev–Trinajstić information content (AvgIpc) is 2.54. The minimum atomic E-state index is -3.49. The molecule has 0 saturated heterocycles. The third-order valence-corrected chi connectivity index (χ3v) is 4.79. The molecule has 0 radical (unpaired) electrons. The number of pyridine rings is 2. The molecule has 1 aromatic carbocycles. The summed E-state index contributed by atoms with van der Waals surface area (Å²) < 4.78 is 24.3. The van der Waals surface area contributed by atoms with Crippen molar-refractivity contribution in [3.05, 3.63) is 54.0 Å². The molecule has 3 aromatic rings. The Bertz CT molecular complexity index is 1080. The number of aryl methyl sites for hydroxylation is 1. The zero-order valence-corrected chi connectivity index (χ0v) is 14.5. The molecule has 0 spiro atoms. The van der Waals surface area contributed by atoms with Gasteiger partial charge in [0.2, 0.25) is 0 Å². The number of nitrogens with one attached hydrogen (secondary N) is 1. The van der Waals surface area contributed by atoms with Crippen molar-refractivity contribution in [2.45, 2.75) is 11.8 Å². The highest BCUT2D eigenvalue weighted by Gasteiger charge is 2.20. The van der Waals surface area contributed by atoms with Gasteiger partial charge < -0.3 is 11.1 Å². The first-order chi connectivity index (χ1) is 11.8. The number of aromatic nitrogens is 2. The fourth-order valence-corrected chi connectivity index (χ4v) is 3.51. The Morgan fingerprint density at radius 2 is 2.00 bits per heavy atom. The number of nitrogens with two attached hydrogens (primary N) is 1. The van der Waals surface area contributed by atoms with E-state index >= 15 is 0 Å². The Morgan fingerprint density at radius 3 is 2.60 bits per heavy atom. The minimum Gasteiger partial charge on any atom is -0.365 e. The second-order valence-corrected chi connectivity index (χ2v) is 7.69. The van der Waals surface area contributed by atoms with Crippen LogP contribution in [0.5, 0.6) is 0 Å². The number of sulfone groups is 1. The van der Waals surface area contributed by atoms with Crippen molar-refractivity contribution >= 4 is 38.0 Å². The molecule has 0 fully saturated rings. The maximum Gasteiger partial charge on any atom is 0.252 e. The molecule has 3 N–H and O–H groups in total. The molecule has 0 bridgehead atoms. The molecule has 25 heavy (non-hydrogen) atoms. The van der Waals surface area contributed by atoms with Crippen LogP contribution in [-0.4, -0.2) is 30.5 Å². The lowest BCUT2D eigenvalue weighted by atomic mass is 10.1. The summed E-state index contributed by atoms with van der Waals surface area (Å²) in [6.45, 7) is 1.78. The van der Waals surface area contributed by atoms with Crippen molar-refractivity contribution in [1.29, 1.82) is 0 Å². The topological polar surface area (TPSA) is 115 Å². The van der Waals surface area contributed by atoms with Crippen LogP contribution in [0.2, 0.25) is 0 Å². The zero-order valence-electron chi connectivity index (χ0n) is 13.6. The van der Waals surface area contributed by atoms with Gasteiger partial charge in [0.15, 0.2) is 9.84 Å². The van der Waals surface area contributed by atoms with E-state index in [1.54, 1.807) is 43.6 Å². The summed E-state index contributed by atoms with van der Waals surface area (Å²) >= 11 is 0. The molecule has 2 aromatic heterocycles. The second kappa shape index (κ2) is 6.14. The molecule has 0 unspecified atom stereocenters. The van der Waals surface area contributed by atoms with Crippen LogP contribution in [0.25, 0.3) is 10.9 Å². The molecule has 2 heterocycles. The molecular weight excluding hydrogens is 340 g/mol. The maximum atomic E-state index is 12.1. The third kappa shape index (κ3) is 3.29. The highest BCUT2D eigenvalue weighted by atomic mass is 32.2. The van der Waals surface area contributed by atoms with Crippen molar-refractivity contribution in [1.82, 2.24) is 9.97 Å². The summed E-state index contributed by atoms with van der Waals surface area (Å²) in [4.78, 5) is 20.1. The predicted molar refractivity (Wildman–Crippen MR) is 95.6 cm³/mol. The molecule has 0 aliphatic heterocycles. The Labute approximate surface area is 144 Å². The fourth-order valence-electron chi connectivity index (χ4n) is 2.59. The van der Waals surface area contributed by atoms with Gasteiger partial charge in [0.25, 0.3) is 5.91 Å². The van der Waals surface area contributed by atoms with E-state index in [2.05, 4.69) is 15.3 Å². The van der Waals surface area contributed by atoms with Crippen LogP contribution in [0, 0.1) is 6.92 Å². The van der Waals surface area contributed by atoms with Gasteiger partial charge in [-0.1, -0.05) is 0 Å². The van der Waals surface area contributed by atoms with Gasteiger partial charge >= 0.3 is 0 Å². The molecule has 0 aliphatic rings. The number of rotatable bonds is 4. The van der Waals surface area contributed by atoms with Crippen LogP contribution < -0.4 is 11.1 Å². The van der Waals surface area contributed by atoms with Crippen LogP contribution in [0.1, 0.15) is 15.9 Å². The lowest BCUT2D eigenvalue weighted by Crippen LogP contribution is -2.14. The number of hydrogen-bond donors (Lipinski definition) is 2. The lowest BCUT2D eigenvalue weighted by Gasteiger charge is -2.15. The van der Waals surface area contributed by atoms with Crippen LogP contribution in [0.4, 0.5) is 11.4 Å². The molecule has 3 rings (SSSR count). The summed E-state index contributed by atoms with van der Waals surface area (Å²) in [6.07, 6.45) is 5.62. The lowest BCUT2D eigenvalue weighted by molar-refractivity contribution is 0.100. The van der Waals surface area contributed by atoms with Gasteiger partial charge in [-0.05, 0) is 36.8 Å². The van der Waals surface area contributed by atoms with Gasteiger partial charge in [0.05, 0.1) is 33.5 Å². The van der Waals surface area contributed by atoms with E-state index < -0.39 is 15.7 Å². The molecule has 8 heteroatoms. The van der Waals surface area contributed by atoms with Crippen LogP contribution in [0.3, 0.4) is 0 Å². The van der Waals surface area contributed by atoms with E-state index in [4.69, 9.17) is 5.73 Å². The standard InChI is InChI=1S/C17H16N4O3S/c1-10-6-12-15(21-11-4-3-5-19-8-11)13(17(18)22)9-20-16(12)14(7-10)25(2,23)24/h3-9H,1-2H3,(H2,18,22)(H,20,21). The highest BCUT2D eigenvalue weighted by molar-refractivity contribution is 7.91. The predicted octanol–water partition coefficient (Wildman–Crippen LogP) is 2.18. The summed E-state index contributed by atoms with van der Waals surface area (Å²) in [5.41, 5.74) is 7.69. The van der Waals surface area contributed by atoms with E-state index in [1.807, 2.05) is 0 Å². The Kier molecular flexibility index (Phi) is 4.13. The van der Waals surface area contributed by atoms with E-state index in [1.165, 1.54) is 6.20 Å². The third-order valence-electron chi connectivity index (χ3n) is 3.68. The van der Waals surface area contributed by atoms with Gasteiger partial charge in [0.1, 0.15) is 0 Å². The number of benzene rings is 1. The SMILES string of the molecule is Cc1cc(S(C)(=O)=O)c2ncc(C(N)=O)c(Nc3cccnc3)c2c1. The second-order valence-electron chi connectivity index (χ2n) is 5.71. The number of primary amides is 1. The van der Waals surface area contributed by atoms with E-state index in [0.717, 1.165) is 11.8 Å². The number of amides is 1. The molecule has 1 amide bonds. The number of carbonyl (C=O) groups is 1. The van der Waals surface area contributed by atoms with Gasteiger partial charge in [-0.2, -0.15) is 0 Å². The number of fused-ring (bicyclic) bond motifs is 1. The minimum absolute atomic E-state index is 0.104. The summed E-state index contributed by atoms with van der Waals surface area (Å²) in [7, 11) is -3.49. The van der Waals surface area contributed by atoms with E-state index in [0.29, 0.717) is 16.8 Å². The molecule has 0 aliphatic carbocycles. The van der Waals surface area contributed by atoms with Crippen molar-refractivity contribution < 1.29 is 13.2 Å². The van der Waals surface area contributed by atoms with Crippen LogP contribution >= 0.6 is 0 Å². The Morgan fingerprint density at radius 1 is 1.24 bits per heavy atom. The fraction of sp³-hybridized carbons (Fsp3) is 0.118. The molecule has 7 nitrogen and oxygen atoms in total. The number of nitrogens with zero attached hydrogens (tertiary/aromatic N) is 2. The van der Waals surface area contributed by atoms with Gasteiger partial charge in [-0.25, -0.2) is 8.42 Å². The van der Waals surface area contributed by atoms with Gasteiger partial charge in [-0.15, -0.1) is 0 Å². The van der Waals surface area contributed by atoms with E-state index in [-0.39, 0.29) is 16.0 Å². The average molecular weight is 356 g/mol. The summed E-state index contributed by atoms with van der Waals surface area (Å²) in [5, 5.41) is 3.61. The highest BCUT2D eigenvalue weighted by Crippen LogP contribution is 2.33. The molecule has 0 saturated carbocycles. The Balaban J connectivity index is 2.37. The first kappa shape index (κ1) is 16.8. The van der Waals surface area contributed by atoms with Crippen LogP contribution in [-0.2, 0) is 9.84 Å². The first-order valence-corrected chi connectivity index (χ1v) is 9.27. The first-order valence-electron chi connectivity index (χ1n) is 7.37. The van der Waals surface area contributed by atoms with Crippen molar-refractivity contribution in [3.8, 4) is 0 Å². The quantitative estimate of drug-likeness (QED) is 0.740. The van der Waals surface area contributed by atoms with E-state index in [9.17, 15) is 13.2 Å². The Hall–Kier alpha value is -3.00. The van der Waals surface area contributed by atoms with Crippen molar-refractivity contribution in [2.24, 2.45) is 5.73 Å². The van der Waals surface area contributed by atoms with Crippen molar-refractivity contribution in [2.75, 3.05) is 11.6 Å².